The van der Waals surface area contributed by atoms with Crippen LogP contribution in [-0.4, -0.2) is 23.0 Å². The van der Waals surface area contributed by atoms with E-state index in [0.717, 1.165) is 0 Å². The Balaban J connectivity index is 2.15. The minimum Gasteiger partial charge on any atom is -0.465 e. The molecule has 0 bridgehead atoms. The number of fused-ring (bicyclic) bond motifs is 1. The van der Waals surface area contributed by atoms with Crippen LogP contribution in [0.4, 0.5) is 4.39 Å². The summed E-state index contributed by atoms with van der Waals surface area (Å²) in [4.78, 5) is 20.3. The van der Waals surface area contributed by atoms with E-state index in [9.17, 15) is 9.18 Å². The van der Waals surface area contributed by atoms with Crippen molar-refractivity contribution in [2.45, 2.75) is 0 Å². The number of benzene rings is 1. The van der Waals surface area contributed by atoms with E-state index in [4.69, 9.17) is 23.2 Å². The topological polar surface area (TPSA) is 116 Å². The van der Waals surface area contributed by atoms with E-state index in [-0.39, 0.29) is 22.5 Å². The second-order valence-electron chi connectivity index (χ2n) is 5.51. The summed E-state index contributed by atoms with van der Waals surface area (Å²) in [5, 5.41) is 0.323. The monoisotopic (exact) mass is 387 g/mol. The lowest BCUT2D eigenvalue weighted by atomic mass is 10.1. The van der Waals surface area contributed by atoms with E-state index in [2.05, 4.69) is 20.1 Å². The number of hydrazine groups is 1. The normalized spacial score (nSPS) is 11.9. The number of rotatable bonds is 4. The summed E-state index contributed by atoms with van der Waals surface area (Å²) in [6.07, 6.45) is 1.39. The van der Waals surface area contributed by atoms with Crippen LogP contribution in [0.5, 0.6) is 0 Å². The van der Waals surface area contributed by atoms with Gasteiger partial charge in [-0.05, 0) is 36.4 Å². The van der Waals surface area contributed by atoms with E-state index in [0.29, 0.717) is 21.7 Å². The molecule has 0 aliphatic heterocycles. The number of esters is 1. The smallest absolute Gasteiger partial charge is 0.339 e. The number of carbonyl (C=O) groups excluding carboxylic acids is 1. The number of hydrogen-bond donors (Lipinski definition) is 3. The predicted octanol–water partition coefficient (Wildman–Crippen LogP) is 2.46. The molecule has 2 aromatic heterocycles. The maximum atomic E-state index is 14.1. The number of nitrogens with two attached hydrogens (primary N) is 2. The Hall–Kier alpha value is -3.23. The van der Waals surface area contributed by atoms with Crippen molar-refractivity contribution in [2.24, 2.45) is 11.6 Å². The van der Waals surface area contributed by atoms with Crippen LogP contribution < -0.4 is 17.0 Å². The first kappa shape index (κ1) is 18.6. The highest BCUT2D eigenvalue weighted by Crippen LogP contribution is 2.25. The molecular formula is C18H15ClFN5O2. The van der Waals surface area contributed by atoms with Gasteiger partial charge in [0.15, 0.2) is 0 Å². The van der Waals surface area contributed by atoms with Crippen LogP contribution in [0.25, 0.3) is 22.4 Å². The highest BCUT2D eigenvalue weighted by Gasteiger charge is 2.15. The van der Waals surface area contributed by atoms with Gasteiger partial charge in [0, 0.05) is 16.8 Å². The first-order valence-corrected chi connectivity index (χ1v) is 8.09. The van der Waals surface area contributed by atoms with Gasteiger partial charge in [-0.3, -0.25) is 10.8 Å². The van der Waals surface area contributed by atoms with Crippen LogP contribution in [0.2, 0.25) is 5.02 Å². The minimum absolute atomic E-state index is 0.0291. The lowest BCUT2D eigenvalue weighted by Crippen LogP contribution is -2.24. The molecular weight excluding hydrogens is 373 g/mol. The molecule has 9 heteroatoms. The van der Waals surface area contributed by atoms with Crippen molar-refractivity contribution in [1.29, 1.82) is 0 Å². The van der Waals surface area contributed by atoms with Gasteiger partial charge in [-0.1, -0.05) is 11.6 Å². The summed E-state index contributed by atoms with van der Waals surface area (Å²) in [7, 11) is 1.27. The molecule has 0 saturated heterocycles. The van der Waals surface area contributed by atoms with Crippen LogP contribution in [0.1, 0.15) is 21.6 Å². The second-order valence-corrected chi connectivity index (χ2v) is 5.94. The molecule has 0 aliphatic rings. The number of pyridine rings is 2. The first-order valence-electron chi connectivity index (χ1n) is 7.72. The van der Waals surface area contributed by atoms with Crippen molar-refractivity contribution in [1.82, 2.24) is 15.4 Å². The standard InChI is InChI=1S/C18H15ClFN5O2/c1-27-18(26)9-6-15-13(23-8-9)4-5-14(24-15)17(25-22)16(21)11-7-10(19)2-3-12(11)20/h2-8,25H,21-22H2,1H3/b17-16-. The number of nitrogens with zero attached hydrogens (tertiary/aromatic N) is 2. The number of methoxy groups -OCH3 is 1. The Bertz CT molecular complexity index is 1070. The Morgan fingerprint density at radius 3 is 2.70 bits per heavy atom. The maximum absolute atomic E-state index is 14.1. The van der Waals surface area contributed by atoms with E-state index >= 15 is 0 Å². The Labute approximate surface area is 158 Å². The number of carbonyl (C=O) groups is 1. The molecule has 3 aromatic rings. The second kappa shape index (κ2) is 7.56. The fourth-order valence-electron chi connectivity index (χ4n) is 2.50. The Morgan fingerprint density at radius 1 is 1.22 bits per heavy atom. The third-order valence-corrected chi connectivity index (χ3v) is 4.08. The van der Waals surface area contributed by atoms with Gasteiger partial charge in [-0.15, -0.1) is 0 Å². The molecule has 0 saturated carbocycles. The third-order valence-electron chi connectivity index (χ3n) is 3.85. The van der Waals surface area contributed by atoms with Crippen molar-refractivity contribution in [3.8, 4) is 0 Å². The Morgan fingerprint density at radius 2 is 2.00 bits per heavy atom. The van der Waals surface area contributed by atoms with Crippen LogP contribution in [0.3, 0.4) is 0 Å². The van der Waals surface area contributed by atoms with E-state index < -0.39 is 11.8 Å². The molecule has 138 valence electrons. The number of ether oxygens (including phenoxy) is 1. The van der Waals surface area contributed by atoms with Crippen LogP contribution in [0.15, 0.2) is 42.6 Å². The average molecular weight is 388 g/mol. The summed E-state index contributed by atoms with van der Waals surface area (Å²) in [6, 6.07) is 8.84. The fraction of sp³-hybridized carbons (Fsp3) is 0.0556. The van der Waals surface area contributed by atoms with Gasteiger partial charge in [-0.2, -0.15) is 0 Å². The number of aromatic nitrogens is 2. The highest BCUT2D eigenvalue weighted by atomic mass is 35.5. The van der Waals surface area contributed by atoms with E-state index in [1.807, 2.05) is 0 Å². The molecule has 0 unspecified atom stereocenters. The van der Waals surface area contributed by atoms with E-state index in [1.54, 1.807) is 12.1 Å². The molecule has 0 amide bonds. The molecule has 0 spiro atoms. The average Bonchev–Trinajstić information content (AvgIpc) is 2.69. The van der Waals surface area contributed by atoms with Crippen molar-refractivity contribution < 1.29 is 13.9 Å². The van der Waals surface area contributed by atoms with E-state index in [1.165, 1.54) is 37.6 Å². The molecule has 0 radical (unpaired) electrons. The molecule has 0 aliphatic carbocycles. The summed E-state index contributed by atoms with van der Waals surface area (Å²) < 4.78 is 18.8. The summed E-state index contributed by atoms with van der Waals surface area (Å²) in [5.41, 5.74) is 10.4. The number of nitrogens with one attached hydrogen (secondary N) is 1. The zero-order chi connectivity index (χ0) is 19.6. The van der Waals surface area contributed by atoms with Gasteiger partial charge in [0.25, 0.3) is 0 Å². The fourth-order valence-corrected chi connectivity index (χ4v) is 2.68. The quantitative estimate of drug-likeness (QED) is 0.357. The van der Waals surface area contributed by atoms with Crippen LogP contribution in [0, 0.1) is 5.82 Å². The zero-order valence-electron chi connectivity index (χ0n) is 14.2. The number of halogens is 2. The number of hydrogen-bond acceptors (Lipinski definition) is 7. The summed E-state index contributed by atoms with van der Waals surface area (Å²) >= 11 is 5.93. The summed E-state index contributed by atoms with van der Waals surface area (Å²) in [6.45, 7) is 0. The molecule has 0 fully saturated rings. The van der Waals surface area contributed by atoms with Crippen molar-refractivity contribution in [3.05, 3.63) is 70.3 Å². The van der Waals surface area contributed by atoms with Gasteiger partial charge in [0.2, 0.25) is 0 Å². The van der Waals surface area contributed by atoms with Gasteiger partial charge >= 0.3 is 5.97 Å². The van der Waals surface area contributed by atoms with Crippen molar-refractivity contribution >= 4 is 40.0 Å². The zero-order valence-corrected chi connectivity index (χ0v) is 14.9. The lowest BCUT2D eigenvalue weighted by molar-refractivity contribution is 0.0600. The molecule has 5 N–H and O–H groups in total. The van der Waals surface area contributed by atoms with Crippen LogP contribution in [-0.2, 0) is 4.74 Å². The van der Waals surface area contributed by atoms with Crippen LogP contribution >= 0.6 is 11.6 Å². The molecule has 3 rings (SSSR count). The van der Waals surface area contributed by atoms with Crippen molar-refractivity contribution in [2.75, 3.05) is 7.11 Å². The Kier molecular flexibility index (Phi) is 5.20. The molecule has 1 aromatic carbocycles. The minimum atomic E-state index is -0.555. The molecule has 7 nitrogen and oxygen atoms in total. The molecule has 2 heterocycles. The third kappa shape index (κ3) is 3.67. The van der Waals surface area contributed by atoms with Gasteiger partial charge < -0.3 is 15.9 Å². The highest BCUT2D eigenvalue weighted by molar-refractivity contribution is 6.30. The largest absolute Gasteiger partial charge is 0.465 e. The predicted molar refractivity (Wildman–Crippen MR) is 101 cm³/mol. The van der Waals surface area contributed by atoms with Gasteiger partial charge in [-0.25, -0.2) is 14.2 Å². The first-order chi connectivity index (χ1) is 12.9. The van der Waals surface area contributed by atoms with Gasteiger partial charge in [0.1, 0.15) is 5.82 Å². The SMILES string of the molecule is COC(=O)c1cnc2ccc(/C(NN)=C(/N)c3cc(Cl)ccc3F)nc2c1. The molecule has 0 atom stereocenters. The van der Waals surface area contributed by atoms with Gasteiger partial charge in [0.05, 0.1) is 40.8 Å². The maximum Gasteiger partial charge on any atom is 0.339 e. The van der Waals surface area contributed by atoms with Crippen molar-refractivity contribution in [3.63, 3.8) is 0 Å². The lowest BCUT2D eigenvalue weighted by Gasteiger charge is -2.13. The summed E-state index contributed by atoms with van der Waals surface area (Å²) in [5.74, 6) is 4.51. The molecule has 27 heavy (non-hydrogen) atoms.